The van der Waals surface area contributed by atoms with Crippen LogP contribution in [-0.4, -0.2) is 19.0 Å². The molecule has 2 nitrogen and oxygen atoms in total. The number of hydrogen-bond donors (Lipinski definition) is 1. The Balaban J connectivity index is 2.00. The van der Waals surface area contributed by atoms with E-state index >= 15 is 0 Å². The maximum Gasteiger partial charge on any atom is 0.272 e. The topological polar surface area (TPSA) is 29.3 Å². The minimum Gasteiger partial charge on any atom is -0.371 e. The summed E-state index contributed by atoms with van der Waals surface area (Å²) in [6, 6.07) is 7.33. The van der Waals surface area contributed by atoms with E-state index in [0.29, 0.717) is 5.56 Å². The van der Waals surface area contributed by atoms with E-state index in [9.17, 15) is 8.78 Å². The van der Waals surface area contributed by atoms with Gasteiger partial charge in [-0.2, -0.15) is 0 Å². The Bertz CT molecular complexity index is 441. The first-order chi connectivity index (χ1) is 8.05. The van der Waals surface area contributed by atoms with Gasteiger partial charge in [-0.05, 0) is 18.9 Å². The average Bonchev–Trinajstić information content (AvgIpc) is 2.74. The van der Waals surface area contributed by atoms with E-state index < -0.39 is 11.5 Å². The van der Waals surface area contributed by atoms with Gasteiger partial charge in [0.15, 0.2) is 0 Å². The lowest BCUT2D eigenvalue weighted by Gasteiger charge is -2.24. The van der Waals surface area contributed by atoms with Crippen molar-refractivity contribution in [2.45, 2.75) is 30.7 Å². The van der Waals surface area contributed by atoms with Gasteiger partial charge in [0.2, 0.25) is 0 Å². The second-order valence-electron chi connectivity index (χ2n) is 5.06. The van der Waals surface area contributed by atoms with Crippen LogP contribution < -0.4 is 10.6 Å². The molecule has 17 heavy (non-hydrogen) atoms. The molecule has 4 heteroatoms. The standard InChI is InChI=1S/C13H16F2N2/c14-13(15)9-12(13,16)10-5-1-2-6-11(10)17-7-3-4-8-17/h1-2,5-6H,3-4,7-9,16H2. The van der Waals surface area contributed by atoms with Gasteiger partial charge in [0.05, 0.1) is 0 Å². The fourth-order valence-electron chi connectivity index (χ4n) is 2.68. The van der Waals surface area contributed by atoms with E-state index in [2.05, 4.69) is 4.90 Å². The van der Waals surface area contributed by atoms with E-state index in [0.717, 1.165) is 31.6 Å². The zero-order valence-electron chi connectivity index (χ0n) is 9.63. The van der Waals surface area contributed by atoms with Crippen LogP contribution in [-0.2, 0) is 5.54 Å². The van der Waals surface area contributed by atoms with E-state index in [4.69, 9.17) is 5.73 Å². The van der Waals surface area contributed by atoms with Gasteiger partial charge in [0.1, 0.15) is 5.54 Å². The molecule has 1 aliphatic heterocycles. The van der Waals surface area contributed by atoms with Crippen molar-refractivity contribution in [3.05, 3.63) is 29.8 Å². The molecule has 92 valence electrons. The highest BCUT2D eigenvalue weighted by molar-refractivity contribution is 5.60. The van der Waals surface area contributed by atoms with Crippen molar-refractivity contribution in [2.75, 3.05) is 18.0 Å². The summed E-state index contributed by atoms with van der Waals surface area (Å²) < 4.78 is 26.8. The van der Waals surface area contributed by atoms with Crippen molar-refractivity contribution in [1.29, 1.82) is 0 Å². The predicted molar refractivity (Wildman–Crippen MR) is 63.3 cm³/mol. The molecule has 2 N–H and O–H groups in total. The molecule has 0 aromatic heterocycles. The minimum absolute atomic E-state index is 0.231. The van der Waals surface area contributed by atoms with E-state index in [-0.39, 0.29) is 6.42 Å². The first-order valence-corrected chi connectivity index (χ1v) is 6.06. The lowest BCUT2D eigenvalue weighted by Crippen LogP contribution is -2.30. The second kappa shape index (κ2) is 3.42. The summed E-state index contributed by atoms with van der Waals surface area (Å²) in [6.07, 6.45) is 2.02. The summed E-state index contributed by atoms with van der Waals surface area (Å²) in [5.41, 5.74) is 5.90. The fourth-order valence-corrected chi connectivity index (χ4v) is 2.68. The quantitative estimate of drug-likeness (QED) is 0.857. The predicted octanol–water partition coefficient (Wildman–Crippen LogP) is 2.48. The molecule has 0 radical (unpaired) electrons. The van der Waals surface area contributed by atoms with Gasteiger partial charge < -0.3 is 10.6 Å². The van der Waals surface area contributed by atoms with Crippen LogP contribution in [0.3, 0.4) is 0 Å². The third-order valence-electron chi connectivity index (χ3n) is 3.86. The molecule has 1 aliphatic carbocycles. The van der Waals surface area contributed by atoms with Crippen molar-refractivity contribution in [3.8, 4) is 0 Å². The number of hydrogen-bond acceptors (Lipinski definition) is 2. The highest BCUT2D eigenvalue weighted by Gasteiger charge is 2.70. The summed E-state index contributed by atoms with van der Waals surface area (Å²) in [4.78, 5) is 2.17. The fraction of sp³-hybridized carbons (Fsp3) is 0.538. The summed E-state index contributed by atoms with van der Waals surface area (Å²) >= 11 is 0. The third-order valence-corrected chi connectivity index (χ3v) is 3.86. The van der Waals surface area contributed by atoms with Crippen molar-refractivity contribution < 1.29 is 8.78 Å². The Morgan fingerprint density at radius 1 is 1.12 bits per heavy atom. The normalized spacial score (nSPS) is 30.6. The maximum atomic E-state index is 13.4. The van der Waals surface area contributed by atoms with Gasteiger partial charge in [0.25, 0.3) is 5.92 Å². The van der Waals surface area contributed by atoms with Crippen LogP contribution in [0, 0.1) is 0 Å². The minimum atomic E-state index is -2.75. The van der Waals surface area contributed by atoms with Crippen LogP contribution in [0.2, 0.25) is 0 Å². The molecule has 1 atom stereocenters. The molecule has 1 heterocycles. The van der Waals surface area contributed by atoms with Crippen molar-refractivity contribution in [3.63, 3.8) is 0 Å². The number of alkyl halides is 2. The molecule has 3 rings (SSSR count). The first kappa shape index (κ1) is 11.0. The highest BCUT2D eigenvalue weighted by Crippen LogP contribution is 2.59. The van der Waals surface area contributed by atoms with Crippen LogP contribution in [0.5, 0.6) is 0 Å². The zero-order chi connectivity index (χ0) is 12.1. The smallest absolute Gasteiger partial charge is 0.272 e. The van der Waals surface area contributed by atoms with Crippen LogP contribution in [0.15, 0.2) is 24.3 Å². The van der Waals surface area contributed by atoms with Gasteiger partial charge in [-0.25, -0.2) is 8.78 Å². The van der Waals surface area contributed by atoms with Crippen molar-refractivity contribution in [1.82, 2.24) is 0 Å². The Labute approximate surface area is 99.4 Å². The van der Waals surface area contributed by atoms with Crippen LogP contribution >= 0.6 is 0 Å². The van der Waals surface area contributed by atoms with Gasteiger partial charge in [-0.3, -0.25) is 0 Å². The number of nitrogens with zero attached hydrogens (tertiary/aromatic N) is 1. The number of para-hydroxylation sites is 1. The number of anilines is 1. The van der Waals surface area contributed by atoms with Crippen LogP contribution in [0.1, 0.15) is 24.8 Å². The maximum absolute atomic E-state index is 13.4. The molecule has 1 aromatic carbocycles. The Morgan fingerprint density at radius 3 is 2.29 bits per heavy atom. The number of nitrogens with two attached hydrogens (primary N) is 1. The number of benzene rings is 1. The highest BCUT2D eigenvalue weighted by atomic mass is 19.3. The van der Waals surface area contributed by atoms with E-state index in [1.807, 2.05) is 12.1 Å². The van der Waals surface area contributed by atoms with Gasteiger partial charge in [0, 0.05) is 30.8 Å². The molecular weight excluding hydrogens is 222 g/mol. The molecule has 2 fully saturated rings. The Hall–Kier alpha value is -1.16. The van der Waals surface area contributed by atoms with Crippen LogP contribution in [0.25, 0.3) is 0 Å². The van der Waals surface area contributed by atoms with E-state index in [1.54, 1.807) is 12.1 Å². The van der Waals surface area contributed by atoms with Gasteiger partial charge in [-0.15, -0.1) is 0 Å². The summed E-state index contributed by atoms with van der Waals surface area (Å²) in [7, 11) is 0. The lowest BCUT2D eigenvalue weighted by atomic mass is 10.0. The zero-order valence-corrected chi connectivity index (χ0v) is 9.63. The monoisotopic (exact) mass is 238 g/mol. The summed E-state index contributed by atoms with van der Waals surface area (Å²) in [5, 5.41) is 0. The molecule has 0 amide bonds. The lowest BCUT2D eigenvalue weighted by molar-refractivity contribution is 0.0892. The number of rotatable bonds is 2. The molecule has 2 aliphatic rings. The molecule has 0 spiro atoms. The molecule has 1 unspecified atom stereocenters. The SMILES string of the molecule is NC1(c2ccccc2N2CCCC2)CC1(F)F. The van der Waals surface area contributed by atoms with E-state index in [1.165, 1.54) is 0 Å². The second-order valence-corrected chi connectivity index (χ2v) is 5.06. The molecule has 1 saturated heterocycles. The van der Waals surface area contributed by atoms with Crippen molar-refractivity contribution >= 4 is 5.69 Å². The van der Waals surface area contributed by atoms with Gasteiger partial charge >= 0.3 is 0 Å². The molecule has 0 bridgehead atoms. The summed E-state index contributed by atoms with van der Waals surface area (Å²) in [5.74, 6) is -2.75. The van der Waals surface area contributed by atoms with Gasteiger partial charge in [-0.1, -0.05) is 18.2 Å². The largest absolute Gasteiger partial charge is 0.371 e. The first-order valence-electron chi connectivity index (χ1n) is 6.06. The summed E-state index contributed by atoms with van der Waals surface area (Å²) in [6.45, 7) is 1.89. The molecular formula is C13H16F2N2. The van der Waals surface area contributed by atoms with Crippen LogP contribution in [0.4, 0.5) is 14.5 Å². The molecule has 1 aromatic rings. The molecule has 1 saturated carbocycles. The third kappa shape index (κ3) is 1.54. The Kier molecular flexibility index (Phi) is 2.20. The number of halogens is 2. The average molecular weight is 238 g/mol. The van der Waals surface area contributed by atoms with Crippen molar-refractivity contribution in [2.24, 2.45) is 5.73 Å². The Morgan fingerprint density at radius 2 is 1.71 bits per heavy atom.